The van der Waals surface area contributed by atoms with Crippen molar-refractivity contribution in [1.82, 2.24) is 25.1 Å². The molecule has 37 heavy (non-hydrogen) atoms. The van der Waals surface area contributed by atoms with Gasteiger partial charge in [0.15, 0.2) is 0 Å². The quantitative estimate of drug-likeness (QED) is 0.430. The van der Waals surface area contributed by atoms with Crippen LogP contribution in [-0.4, -0.2) is 72.1 Å². The van der Waals surface area contributed by atoms with E-state index in [1.165, 1.54) is 5.56 Å². The minimum atomic E-state index is -0.314. The van der Waals surface area contributed by atoms with E-state index in [0.717, 1.165) is 100 Å². The second-order valence-corrected chi connectivity index (χ2v) is 10.5. The summed E-state index contributed by atoms with van der Waals surface area (Å²) < 4.78 is 0. The van der Waals surface area contributed by atoms with Gasteiger partial charge in [-0.1, -0.05) is 42.5 Å². The van der Waals surface area contributed by atoms with Crippen LogP contribution in [0.5, 0.6) is 0 Å². The predicted octanol–water partition coefficient (Wildman–Crippen LogP) is 4.17. The van der Waals surface area contributed by atoms with E-state index in [-0.39, 0.29) is 5.41 Å². The van der Waals surface area contributed by atoms with Gasteiger partial charge in [0.1, 0.15) is 11.6 Å². The molecule has 0 bridgehead atoms. The summed E-state index contributed by atoms with van der Waals surface area (Å²) in [5.74, 6) is 1.83. The van der Waals surface area contributed by atoms with Crippen molar-refractivity contribution >= 4 is 16.7 Å². The zero-order valence-electron chi connectivity index (χ0n) is 22.0. The molecule has 0 radical (unpaired) electrons. The van der Waals surface area contributed by atoms with Gasteiger partial charge in [-0.2, -0.15) is 5.26 Å². The summed E-state index contributed by atoms with van der Waals surface area (Å²) in [5.41, 5.74) is 1.88. The van der Waals surface area contributed by atoms with Crippen LogP contribution in [0.3, 0.4) is 0 Å². The van der Waals surface area contributed by atoms with Crippen molar-refractivity contribution < 1.29 is 0 Å². The number of rotatable bonds is 9. The Hall–Kier alpha value is -3.05. The van der Waals surface area contributed by atoms with Crippen LogP contribution < -0.4 is 10.6 Å². The number of nitrogens with one attached hydrogen (secondary N) is 2. The minimum Gasteiger partial charge on any atom is -0.369 e. The van der Waals surface area contributed by atoms with Crippen LogP contribution in [0.1, 0.15) is 43.5 Å². The molecule has 0 spiro atoms. The van der Waals surface area contributed by atoms with Gasteiger partial charge in [0.05, 0.1) is 23.5 Å². The Labute approximate surface area is 220 Å². The lowest BCUT2D eigenvalue weighted by Crippen LogP contribution is -2.51. The molecule has 1 saturated carbocycles. The van der Waals surface area contributed by atoms with Gasteiger partial charge < -0.3 is 10.6 Å². The zero-order valence-corrected chi connectivity index (χ0v) is 22.0. The molecule has 2 aliphatic rings. The van der Waals surface area contributed by atoms with E-state index in [2.05, 4.69) is 69.0 Å². The Morgan fingerprint density at radius 1 is 0.946 bits per heavy atom. The second kappa shape index (κ2) is 12.0. The smallest absolute Gasteiger partial charge is 0.145 e. The molecule has 1 aromatic heterocycles. The third-order valence-electron chi connectivity index (χ3n) is 8.18. The number of piperazine rings is 1. The Morgan fingerprint density at radius 2 is 1.68 bits per heavy atom. The van der Waals surface area contributed by atoms with Gasteiger partial charge >= 0.3 is 0 Å². The van der Waals surface area contributed by atoms with E-state index >= 15 is 0 Å². The number of aromatic nitrogens is 2. The van der Waals surface area contributed by atoms with E-state index in [0.29, 0.717) is 6.04 Å². The molecule has 1 aliphatic heterocycles. The van der Waals surface area contributed by atoms with Gasteiger partial charge in [-0.15, -0.1) is 0 Å². The molecule has 2 heterocycles. The Balaban J connectivity index is 1.17. The number of benzene rings is 2. The number of nitrogens with zero attached hydrogens (tertiary/aromatic N) is 5. The Kier molecular flexibility index (Phi) is 8.30. The lowest BCUT2D eigenvalue weighted by atomic mass is 9.69. The maximum absolute atomic E-state index is 10.0. The first-order chi connectivity index (χ1) is 18.2. The largest absolute Gasteiger partial charge is 0.369 e. The third-order valence-corrected chi connectivity index (χ3v) is 8.18. The maximum atomic E-state index is 10.0. The maximum Gasteiger partial charge on any atom is 0.145 e. The average Bonchev–Trinajstić information content (AvgIpc) is 2.96. The van der Waals surface area contributed by atoms with Crippen LogP contribution in [-0.2, 0) is 12.0 Å². The van der Waals surface area contributed by atoms with Gasteiger partial charge in [-0.25, -0.2) is 9.97 Å². The molecule has 1 aliphatic carbocycles. The van der Waals surface area contributed by atoms with Gasteiger partial charge in [-0.3, -0.25) is 9.80 Å². The molecular weight excluding hydrogens is 458 g/mol. The molecule has 0 unspecified atom stereocenters. The summed E-state index contributed by atoms with van der Waals surface area (Å²) in [5, 5.41) is 17.9. The molecule has 0 amide bonds. The topological polar surface area (TPSA) is 80.1 Å². The van der Waals surface area contributed by atoms with Crippen LogP contribution in [0.15, 0.2) is 54.6 Å². The number of hydrogen-bond donors (Lipinski definition) is 2. The van der Waals surface area contributed by atoms with Crippen molar-refractivity contribution in [2.45, 2.75) is 50.1 Å². The normalized spacial score (nSPS) is 23.1. The van der Waals surface area contributed by atoms with Gasteiger partial charge in [0.25, 0.3) is 0 Å². The van der Waals surface area contributed by atoms with Gasteiger partial charge in [0, 0.05) is 44.2 Å². The van der Waals surface area contributed by atoms with Crippen LogP contribution in [0.2, 0.25) is 0 Å². The fraction of sp³-hybridized carbons (Fsp3) is 0.500. The van der Waals surface area contributed by atoms with Crippen molar-refractivity contribution in [2.24, 2.45) is 0 Å². The van der Waals surface area contributed by atoms with Crippen molar-refractivity contribution in [1.29, 1.82) is 5.26 Å². The first kappa shape index (κ1) is 25.6. The van der Waals surface area contributed by atoms with Gasteiger partial charge in [-0.05, 0) is 63.4 Å². The fourth-order valence-electron chi connectivity index (χ4n) is 5.97. The van der Waals surface area contributed by atoms with Crippen molar-refractivity contribution in [2.75, 3.05) is 51.6 Å². The molecule has 3 aromatic rings. The number of fused-ring (bicyclic) bond motifs is 1. The second-order valence-electron chi connectivity index (χ2n) is 10.5. The summed E-state index contributed by atoms with van der Waals surface area (Å²) in [7, 11) is 1.98. The molecule has 0 atom stereocenters. The standard InChI is InChI=1S/C30H39N7/c1-32-16-7-17-33-29-26-10-5-6-11-27(26)34-28(35-29)22-36-18-20-37(21-19-36)25-12-14-30(23-31,15-13-25)24-8-3-2-4-9-24/h2-6,8-11,25,32H,7,12-22H2,1H3,(H,33,34,35). The number of anilines is 1. The minimum absolute atomic E-state index is 0.314. The SMILES string of the molecule is CNCCCNc1nc(CN2CCN(C3CCC(C#N)(c4ccccc4)CC3)CC2)nc2ccccc12. The van der Waals surface area contributed by atoms with Gasteiger partial charge in [0.2, 0.25) is 0 Å². The molecule has 194 valence electrons. The first-order valence-electron chi connectivity index (χ1n) is 13.8. The summed E-state index contributed by atoms with van der Waals surface area (Å²) in [6, 6.07) is 21.9. The lowest BCUT2D eigenvalue weighted by molar-refractivity contribution is 0.0667. The van der Waals surface area contributed by atoms with E-state index in [1.54, 1.807) is 0 Å². The molecule has 7 nitrogen and oxygen atoms in total. The molecule has 1 saturated heterocycles. The van der Waals surface area contributed by atoms with Crippen LogP contribution in [0, 0.1) is 11.3 Å². The van der Waals surface area contributed by atoms with Crippen molar-refractivity contribution in [3.05, 3.63) is 66.0 Å². The number of nitriles is 1. The molecule has 2 fully saturated rings. The molecule has 5 rings (SSSR count). The Bertz CT molecular complexity index is 1190. The first-order valence-corrected chi connectivity index (χ1v) is 13.8. The van der Waals surface area contributed by atoms with E-state index < -0.39 is 0 Å². The van der Waals surface area contributed by atoms with Crippen molar-refractivity contribution in [3.8, 4) is 6.07 Å². The average molecular weight is 498 g/mol. The molecular formula is C30H39N7. The van der Waals surface area contributed by atoms with Crippen LogP contribution in [0.25, 0.3) is 10.9 Å². The lowest BCUT2D eigenvalue weighted by Gasteiger charge is -2.43. The highest BCUT2D eigenvalue weighted by Crippen LogP contribution is 2.40. The van der Waals surface area contributed by atoms with Crippen LogP contribution in [0.4, 0.5) is 5.82 Å². The highest BCUT2D eigenvalue weighted by atomic mass is 15.3. The number of para-hydroxylation sites is 1. The van der Waals surface area contributed by atoms with E-state index in [1.807, 2.05) is 19.2 Å². The fourth-order valence-corrected chi connectivity index (χ4v) is 5.97. The molecule has 7 heteroatoms. The van der Waals surface area contributed by atoms with Crippen LogP contribution >= 0.6 is 0 Å². The summed E-state index contributed by atoms with van der Waals surface area (Å²) in [6.07, 6.45) is 5.15. The van der Waals surface area contributed by atoms with E-state index in [9.17, 15) is 5.26 Å². The molecule has 2 aromatic carbocycles. The zero-order chi connectivity index (χ0) is 25.5. The summed E-state index contributed by atoms with van der Waals surface area (Å²) >= 11 is 0. The molecule has 2 N–H and O–H groups in total. The third kappa shape index (κ3) is 5.93. The summed E-state index contributed by atoms with van der Waals surface area (Å²) in [4.78, 5) is 15.0. The van der Waals surface area contributed by atoms with E-state index in [4.69, 9.17) is 9.97 Å². The highest BCUT2D eigenvalue weighted by molar-refractivity contribution is 5.88. The van der Waals surface area contributed by atoms with Crippen molar-refractivity contribution in [3.63, 3.8) is 0 Å². The summed E-state index contributed by atoms with van der Waals surface area (Å²) in [6.45, 7) is 6.84. The highest BCUT2D eigenvalue weighted by Gasteiger charge is 2.39. The monoisotopic (exact) mass is 497 g/mol. The predicted molar refractivity (Wildman–Crippen MR) is 149 cm³/mol. The number of hydrogen-bond acceptors (Lipinski definition) is 7. The Morgan fingerprint density at radius 3 is 2.41 bits per heavy atom.